The number of benzene rings is 2. The molecule has 1 aromatic heterocycles. The van der Waals surface area contributed by atoms with Crippen LogP contribution in [0.15, 0.2) is 66.9 Å². The number of para-hydroxylation sites is 1. The molecule has 3 rings (SSSR count). The number of pyridine rings is 1. The summed E-state index contributed by atoms with van der Waals surface area (Å²) in [5.41, 5.74) is 2.23. The van der Waals surface area contributed by atoms with Crippen molar-refractivity contribution in [1.82, 2.24) is 10.3 Å². The van der Waals surface area contributed by atoms with Gasteiger partial charge in [0.1, 0.15) is 6.04 Å². The Morgan fingerprint density at radius 2 is 1.80 bits per heavy atom. The Balaban J connectivity index is 1.80. The van der Waals surface area contributed by atoms with Crippen LogP contribution in [0.2, 0.25) is 0 Å². The standard InChI is InChI=1S/C20H18N2O3/c1-25-20(24)18(22-19(23)15-7-3-2-4-8-15)12-14-11-16-9-5-6-10-17(16)21-13-14/h2-11,13,18H,12H2,1H3,(H,22,23). The molecule has 0 aliphatic heterocycles. The number of esters is 1. The summed E-state index contributed by atoms with van der Waals surface area (Å²) in [6.45, 7) is 0. The molecule has 5 heteroatoms. The maximum absolute atomic E-state index is 12.3. The van der Waals surface area contributed by atoms with Gasteiger partial charge in [0, 0.05) is 23.6 Å². The first kappa shape index (κ1) is 16.6. The molecule has 25 heavy (non-hydrogen) atoms. The number of methoxy groups -OCH3 is 1. The van der Waals surface area contributed by atoms with Crippen molar-refractivity contribution in [3.8, 4) is 0 Å². The third-order valence-electron chi connectivity index (χ3n) is 3.91. The lowest BCUT2D eigenvalue weighted by atomic mass is 10.0. The van der Waals surface area contributed by atoms with E-state index >= 15 is 0 Å². The predicted molar refractivity (Wildman–Crippen MR) is 95.2 cm³/mol. The van der Waals surface area contributed by atoms with Gasteiger partial charge in [0.15, 0.2) is 0 Å². The number of ether oxygens (including phenoxy) is 1. The van der Waals surface area contributed by atoms with Crippen molar-refractivity contribution in [1.29, 1.82) is 0 Å². The summed E-state index contributed by atoms with van der Waals surface area (Å²) >= 11 is 0. The molecule has 0 spiro atoms. The maximum atomic E-state index is 12.3. The Hall–Kier alpha value is -3.21. The van der Waals surface area contributed by atoms with Crippen LogP contribution in [0, 0.1) is 0 Å². The molecule has 1 amide bonds. The fourth-order valence-electron chi connectivity index (χ4n) is 2.63. The third kappa shape index (κ3) is 4.01. The van der Waals surface area contributed by atoms with Gasteiger partial charge in [-0.25, -0.2) is 4.79 Å². The molecule has 1 heterocycles. The van der Waals surface area contributed by atoms with Crippen LogP contribution < -0.4 is 5.32 Å². The highest BCUT2D eigenvalue weighted by molar-refractivity contribution is 5.96. The van der Waals surface area contributed by atoms with Crippen molar-refractivity contribution >= 4 is 22.8 Å². The van der Waals surface area contributed by atoms with Crippen LogP contribution in [0.25, 0.3) is 10.9 Å². The number of amides is 1. The minimum Gasteiger partial charge on any atom is -0.467 e. The second-order valence-corrected chi connectivity index (χ2v) is 5.66. The summed E-state index contributed by atoms with van der Waals surface area (Å²) in [7, 11) is 1.31. The smallest absolute Gasteiger partial charge is 0.328 e. The number of nitrogens with zero attached hydrogens (tertiary/aromatic N) is 1. The molecular formula is C20H18N2O3. The van der Waals surface area contributed by atoms with E-state index in [1.54, 1.807) is 30.5 Å². The lowest BCUT2D eigenvalue weighted by molar-refractivity contribution is -0.142. The molecule has 0 saturated carbocycles. The number of aromatic nitrogens is 1. The predicted octanol–water partition coefficient (Wildman–Crippen LogP) is 2.75. The van der Waals surface area contributed by atoms with Gasteiger partial charge >= 0.3 is 5.97 Å². The van der Waals surface area contributed by atoms with E-state index in [2.05, 4.69) is 10.3 Å². The lowest BCUT2D eigenvalue weighted by Gasteiger charge is -2.17. The average Bonchev–Trinajstić information content (AvgIpc) is 2.67. The Labute approximate surface area is 145 Å². The monoisotopic (exact) mass is 334 g/mol. The van der Waals surface area contributed by atoms with E-state index < -0.39 is 12.0 Å². The molecule has 1 atom stereocenters. The van der Waals surface area contributed by atoms with Crippen LogP contribution in [0.1, 0.15) is 15.9 Å². The Morgan fingerprint density at radius 1 is 1.08 bits per heavy atom. The van der Waals surface area contributed by atoms with Crippen LogP contribution >= 0.6 is 0 Å². The zero-order valence-corrected chi connectivity index (χ0v) is 13.8. The normalized spacial score (nSPS) is 11.7. The first-order chi connectivity index (χ1) is 12.2. The van der Waals surface area contributed by atoms with E-state index in [0.29, 0.717) is 12.0 Å². The summed E-state index contributed by atoms with van der Waals surface area (Å²) in [6.07, 6.45) is 2.02. The summed E-state index contributed by atoms with van der Waals surface area (Å²) in [5, 5.41) is 3.72. The number of carbonyl (C=O) groups excluding carboxylic acids is 2. The molecule has 126 valence electrons. The van der Waals surface area contributed by atoms with Crippen LogP contribution in [0.4, 0.5) is 0 Å². The van der Waals surface area contributed by atoms with E-state index in [-0.39, 0.29) is 5.91 Å². The summed E-state index contributed by atoms with van der Waals surface area (Å²) in [6, 6.07) is 17.7. The van der Waals surface area contributed by atoms with Crippen molar-refractivity contribution in [3.05, 3.63) is 78.0 Å². The number of carbonyl (C=O) groups is 2. The number of rotatable bonds is 5. The molecule has 0 aliphatic rings. The Morgan fingerprint density at radius 3 is 2.56 bits per heavy atom. The SMILES string of the molecule is COC(=O)C(Cc1cnc2ccccc2c1)NC(=O)c1ccccc1. The molecule has 0 saturated heterocycles. The molecule has 5 nitrogen and oxygen atoms in total. The van der Waals surface area contributed by atoms with Crippen LogP contribution in [0.3, 0.4) is 0 Å². The second kappa shape index (κ2) is 7.57. The van der Waals surface area contributed by atoms with Crippen molar-refractivity contribution in [2.45, 2.75) is 12.5 Å². The summed E-state index contributed by atoms with van der Waals surface area (Å²) in [5.74, 6) is -0.804. The van der Waals surface area contributed by atoms with E-state index in [0.717, 1.165) is 16.5 Å². The lowest BCUT2D eigenvalue weighted by Crippen LogP contribution is -2.43. The van der Waals surface area contributed by atoms with Gasteiger partial charge in [-0.05, 0) is 29.8 Å². The maximum Gasteiger partial charge on any atom is 0.328 e. The highest BCUT2D eigenvalue weighted by atomic mass is 16.5. The first-order valence-electron chi connectivity index (χ1n) is 7.95. The summed E-state index contributed by atoms with van der Waals surface area (Å²) in [4.78, 5) is 28.8. The van der Waals surface area contributed by atoms with Gasteiger partial charge in [-0.3, -0.25) is 9.78 Å². The van der Waals surface area contributed by atoms with Gasteiger partial charge in [0.05, 0.1) is 12.6 Å². The van der Waals surface area contributed by atoms with Crippen LogP contribution in [0.5, 0.6) is 0 Å². The molecule has 1 unspecified atom stereocenters. The average molecular weight is 334 g/mol. The minimum atomic E-state index is -0.777. The highest BCUT2D eigenvalue weighted by Gasteiger charge is 2.22. The van der Waals surface area contributed by atoms with Gasteiger partial charge in [-0.15, -0.1) is 0 Å². The van der Waals surface area contributed by atoms with E-state index in [1.807, 2.05) is 36.4 Å². The topological polar surface area (TPSA) is 68.3 Å². The Kier molecular flexibility index (Phi) is 5.04. The zero-order chi connectivity index (χ0) is 17.6. The van der Waals surface area contributed by atoms with Crippen molar-refractivity contribution < 1.29 is 14.3 Å². The molecule has 2 aromatic carbocycles. The molecule has 0 radical (unpaired) electrons. The highest BCUT2D eigenvalue weighted by Crippen LogP contribution is 2.14. The number of nitrogens with one attached hydrogen (secondary N) is 1. The van der Waals surface area contributed by atoms with E-state index in [9.17, 15) is 9.59 Å². The first-order valence-corrected chi connectivity index (χ1v) is 7.95. The van der Waals surface area contributed by atoms with Gasteiger partial charge in [0.2, 0.25) is 0 Å². The van der Waals surface area contributed by atoms with Crippen LogP contribution in [-0.4, -0.2) is 30.0 Å². The fourth-order valence-corrected chi connectivity index (χ4v) is 2.63. The Bertz CT molecular complexity index is 894. The molecule has 0 bridgehead atoms. The molecule has 0 aliphatic carbocycles. The second-order valence-electron chi connectivity index (χ2n) is 5.66. The molecule has 0 fully saturated rings. The van der Waals surface area contributed by atoms with Crippen molar-refractivity contribution in [3.63, 3.8) is 0 Å². The van der Waals surface area contributed by atoms with E-state index in [1.165, 1.54) is 7.11 Å². The third-order valence-corrected chi connectivity index (χ3v) is 3.91. The summed E-state index contributed by atoms with van der Waals surface area (Å²) < 4.78 is 4.83. The van der Waals surface area contributed by atoms with Gasteiger partial charge < -0.3 is 10.1 Å². The van der Waals surface area contributed by atoms with E-state index in [4.69, 9.17) is 4.74 Å². The van der Waals surface area contributed by atoms with Crippen molar-refractivity contribution in [2.75, 3.05) is 7.11 Å². The quantitative estimate of drug-likeness (QED) is 0.729. The molecule has 3 aromatic rings. The van der Waals surface area contributed by atoms with Crippen molar-refractivity contribution in [2.24, 2.45) is 0 Å². The fraction of sp³-hybridized carbons (Fsp3) is 0.150. The van der Waals surface area contributed by atoms with Gasteiger partial charge in [0.25, 0.3) is 5.91 Å². The van der Waals surface area contributed by atoms with Crippen LogP contribution in [-0.2, 0) is 16.0 Å². The number of fused-ring (bicyclic) bond motifs is 1. The largest absolute Gasteiger partial charge is 0.467 e. The molecular weight excluding hydrogens is 316 g/mol. The van der Waals surface area contributed by atoms with Gasteiger partial charge in [-0.1, -0.05) is 36.4 Å². The van der Waals surface area contributed by atoms with Gasteiger partial charge in [-0.2, -0.15) is 0 Å². The molecule has 1 N–H and O–H groups in total. The number of hydrogen-bond acceptors (Lipinski definition) is 4. The number of hydrogen-bond donors (Lipinski definition) is 1. The minimum absolute atomic E-state index is 0.309. The zero-order valence-electron chi connectivity index (χ0n) is 13.8.